The summed E-state index contributed by atoms with van der Waals surface area (Å²) in [6.45, 7) is 0. The van der Waals surface area contributed by atoms with E-state index < -0.39 is 11.8 Å². The van der Waals surface area contributed by atoms with Gasteiger partial charge in [-0.2, -0.15) is 0 Å². The second-order valence-electron chi connectivity index (χ2n) is 8.45. The predicted molar refractivity (Wildman–Crippen MR) is 119 cm³/mol. The maximum absolute atomic E-state index is 13.0. The molecule has 0 saturated carbocycles. The second-order valence-corrected chi connectivity index (χ2v) is 8.45. The average molecular weight is 384 g/mol. The zero-order valence-electron chi connectivity index (χ0n) is 16.1. The molecule has 2 heteroatoms. The number of benzene rings is 5. The molecule has 2 atom stereocenters. The van der Waals surface area contributed by atoms with Gasteiger partial charge in [-0.15, -0.1) is 0 Å². The molecule has 2 unspecified atom stereocenters. The van der Waals surface area contributed by atoms with E-state index in [1.54, 1.807) is 0 Å². The standard InChI is InChI=1S/C28H16O2/c29-27-25-21-11-17-7-3-4-8-18(17)12-22(21)26(28(27)30)24-14-20-10-16-6-2-1-5-15(16)9-19(20)13-23(24)25/h1-14,25-26H. The molecular weight excluding hydrogens is 368 g/mol. The maximum atomic E-state index is 13.0. The summed E-state index contributed by atoms with van der Waals surface area (Å²) in [4.78, 5) is 26.1. The third kappa shape index (κ3) is 1.93. The molecule has 0 amide bonds. The summed E-state index contributed by atoms with van der Waals surface area (Å²) in [7, 11) is 0. The van der Waals surface area contributed by atoms with Crippen LogP contribution in [0.15, 0.2) is 84.9 Å². The summed E-state index contributed by atoms with van der Waals surface area (Å²) >= 11 is 0. The summed E-state index contributed by atoms with van der Waals surface area (Å²) in [5, 5.41) is 6.80. The van der Waals surface area contributed by atoms with Gasteiger partial charge >= 0.3 is 0 Å². The Kier molecular flexibility index (Phi) is 2.91. The molecule has 140 valence electrons. The number of fused-ring (bicyclic) bond motifs is 4. The lowest BCUT2D eigenvalue weighted by Crippen LogP contribution is -2.40. The Morgan fingerprint density at radius 1 is 0.400 bits per heavy atom. The van der Waals surface area contributed by atoms with Crippen molar-refractivity contribution in [1.29, 1.82) is 0 Å². The van der Waals surface area contributed by atoms with Crippen molar-refractivity contribution in [3.8, 4) is 0 Å². The summed E-state index contributed by atoms with van der Waals surface area (Å²) < 4.78 is 0. The summed E-state index contributed by atoms with van der Waals surface area (Å²) in [6, 6.07) is 29.3. The number of carbonyl (C=O) groups is 2. The van der Waals surface area contributed by atoms with Gasteiger partial charge in [0, 0.05) is 0 Å². The van der Waals surface area contributed by atoms with Crippen molar-refractivity contribution < 1.29 is 9.59 Å². The molecule has 2 nitrogen and oxygen atoms in total. The normalized spacial score (nSPS) is 19.5. The zero-order valence-corrected chi connectivity index (χ0v) is 16.1. The lowest BCUT2D eigenvalue weighted by molar-refractivity contribution is -0.138. The van der Waals surface area contributed by atoms with E-state index in [0.29, 0.717) is 0 Å². The van der Waals surface area contributed by atoms with Crippen molar-refractivity contribution in [1.82, 2.24) is 0 Å². The van der Waals surface area contributed by atoms with Gasteiger partial charge in [-0.05, 0) is 91.0 Å². The molecule has 0 radical (unpaired) electrons. The Bertz CT molecular complexity index is 1470. The molecule has 0 spiro atoms. The quantitative estimate of drug-likeness (QED) is 0.247. The van der Waals surface area contributed by atoms with Gasteiger partial charge in [0.15, 0.2) is 0 Å². The lowest BCUT2D eigenvalue weighted by atomic mass is 9.62. The minimum atomic E-state index is -0.493. The van der Waals surface area contributed by atoms with Gasteiger partial charge in [0.25, 0.3) is 0 Å². The predicted octanol–water partition coefficient (Wildman–Crippen LogP) is 5.88. The number of rotatable bonds is 0. The molecule has 0 aromatic heterocycles. The van der Waals surface area contributed by atoms with E-state index in [0.717, 1.165) is 43.8 Å². The Morgan fingerprint density at radius 3 is 1.07 bits per heavy atom. The molecule has 5 aromatic rings. The van der Waals surface area contributed by atoms with Crippen molar-refractivity contribution in [2.75, 3.05) is 0 Å². The number of ketones is 2. The van der Waals surface area contributed by atoms with Gasteiger partial charge in [-0.1, -0.05) is 48.5 Å². The van der Waals surface area contributed by atoms with Crippen LogP contribution in [0.5, 0.6) is 0 Å². The highest BCUT2D eigenvalue weighted by Crippen LogP contribution is 2.51. The molecule has 0 heterocycles. The monoisotopic (exact) mass is 384 g/mol. The van der Waals surface area contributed by atoms with Crippen LogP contribution >= 0.6 is 0 Å². The van der Waals surface area contributed by atoms with Crippen LogP contribution in [0.3, 0.4) is 0 Å². The van der Waals surface area contributed by atoms with Crippen LogP contribution in [0.1, 0.15) is 34.1 Å². The van der Waals surface area contributed by atoms with E-state index in [-0.39, 0.29) is 11.6 Å². The van der Waals surface area contributed by atoms with Crippen LogP contribution in [0, 0.1) is 0 Å². The highest BCUT2D eigenvalue weighted by Gasteiger charge is 2.49. The molecule has 3 aliphatic carbocycles. The van der Waals surface area contributed by atoms with Crippen molar-refractivity contribution in [2.24, 2.45) is 0 Å². The Hall–Kier alpha value is -3.78. The van der Waals surface area contributed by atoms with E-state index in [1.807, 2.05) is 24.3 Å². The molecule has 30 heavy (non-hydrogen) atoms. The molecule has 5 aromatic carbocycles. The fraction of sp³-hybridized carbons (Fsp3) is 0.0714. The molecule has 8 rings (SSSR count). The van der Waals surface area contributed by atoms with Crippen molar-refractivity contribution >= 4 is 43.9 Å². The number of Topliss-reactive ketones (excluding diaryl/α,β-unsaturated/α-hetero) is 2. The zero-order chi connectivity index (χ0) is 20.0. The fourth-order valence-electron chi connectivity index (χ4n) is 5.49. The summed E-state index contributed by atoms with van der Waals surface area (Å²) in [5.41, 5.74) is 3.98. The Labute approximate surface area is 172 Å². The van der Waals surface area contributed by atoms with Crippen molar-refractivity contribution in [2.45, 2.75) is 11.8 Å². The van der Waals surface area contributed by atoms with Gasteiger partial charge in [0.2, 0.25) is 11.6 Å². The van der Waals surface area contributed by atoms with Gasteiger partial charge in [-0.3, -0.25) is 9.59 Å². The lowest BCUT2D eigenvalue weighted by Gasteiger charge is -2.38. The van der Waals surface area contributed by atoms with Crippen LogP contribution in [0.2, 0.25) is 0 Å². The van der Waals surface area contributed by atoms with Gasteiger partial charge in [0.05, 0.1) is 11.8 Å². The molecular formula is C28H16O2. The van der Waals surface area contributed by atoms with Crippen LogP contribution in [-0.2, 0) is 9.59 Å². The minimum absolute atomic E-state index is 0.268. The first-order valence-corrected chi connectivity index (χ1v) is 10.3. The van der Waals surface area contributed by atoms with Crippen molar-refractivity contribution in [3.63, 3.8) is 0 Å². The topological polar surface area (TPSA) is 34.1 Å². The molecule has 0 aliphatic heterocycles. The molecule has 0 fully saturated rings. The Morgan fingerprint density at radius 2 is 0.700 bits per heavy atom. The molecule has 2 bridgehead atoms. The molecule has 0 saturated heterocycles. The number of hydrogen-bond acceptors (Lipinski definition) is 2. The van der Waals surface area contributed by atoms with Gasteiger partial charge in [0.1, 0.15) is 0 Å². The summed E-state index contributed by atoms with van der Waals surface area (Å²) in [5.74, 6) is -1.52. The first-order valence-electron chi connectivity index (χ1n) is 10.3. The summed E-state index contributed by atoms with van der Waals surface area (Å²) in [6.07, 6.45) is 0. The first-order chi connectivity index (χ1) is 14.7. The smallest absolute Gasteiger partial charge is 0.211 e. The number of carbonyl (C=O) groups excluding carboxylic acids is 2. The molecule has 3 aliphatic rings. The van der Waals surface area contributed by atoms with E-state index in [4.69, 9.17) is 0 Å². The van der Waals surface area contributed by atoms with Gasteiger partial charge in [-0.25, -0.2) is 0 Å². The minimum Gasteiger partial charge on any atom is -0.290 e. The fourth-order valence-corrected chi connectivity index (χ4v) is 5.49. The van der Waals surface area contributed by atoms with Crippen LogP contribution in [0.4, 0.5) is 0 Å². The maximum Gasteiger partial charge on any atom is 0.211 e. The van der Waals surface area contributed by atoms with E-state index in [2.05, 4.69) is 60.7 Å². The first kappa shape index (κ1) is 16.1. The number of hydrogen-bond donors (Lipinski definition) is 0. The highest BCUT2D eigenvalue weighted by atomic mass is 16.2. The van der Waals surface area contributed by atoms with E-state index in [1.165, 1.54) is 10.8 Å². The van der Waals surface area contributed by atoms with Crippen LogP contribution in [-0.4, -0.2) is 11.6 Å². The van der Waals surface area contributed by atoms with E-state index in [9.17, 15) is 9.59 Å². The third-order valence-corrected chi connectivity index (χ3v) is 6.87. The Balaban J connectivity index is 1.57. The van der Waals surface area contributed by atoms with Crippen LogP contribution in [0.25, 0.3) is 32.3 Å². The SMILES string of the molecule is O=C1C(=O)C2c3cc4ccccc4cc3C1c1cc3cc4ccccc4cc3cc12. The average Bonchev–Trinajstić information content (AvgIpc) is 2.77. The van der Waals surface area contributed by atoms with E-state index >= 15 is 0 Å². The largest absolute Gasteiger partial charge is 0.290 e. The highest BCUT2D eigenvalue weighted by molar-refractivity contribution is 6.45. The van der Waals surface area contributed by atoms with Crippen molar-refractivity contribution in [3.05, 3.63) is 107 Å². The second kappa shape index (κ2) is 5.43. The third-order valence-electron chi connectivity index (χ3n) is 6.87. The van der Waals surface area contributed by atoms with Gasteiger partial charge < -0.3 is 0 Å². The molecule has 0 N–H and O–H groups in total. The van der Waals surface area contributed by atoms with Crippen LogP contribution < -0.4 is 0 Å².